The van der Waals surface area contributed by atoms with Crippen molar-refractivity contribution in [1.29, 1.82) is 0 Å². The number of hydrogen-bond acceptors (Lipinski definition) is 7. The SMILES string of the molecule is CN(C)S(=O)(=O)c1ccc(S(=O)(=O)O)cc1.Nc1nc(-c2ccccc2)cs1. The first kappa shape index (κ1) is 22.0. The fourth-order valence-corrected chi connectivity index (χ4v) is 3.98. The van der Waals surface area contributed by atoms with E-state index in [4.69, 9.17) is 10.3 Å². The van der Waals surface area contributed by atoms with E-state index in [2.05, 4.69) is 4.98 Å². The highest BCUT2D eigenvalue weighted by Gasteiger charge is 2.18. The number of hydrogen-bond donors (Lipinski definition) is 2. The second-order valence-electron chi connectivity index (χ2n) is 5.67. The van der Waals surface area contributed by atoms with Gasteiger partial charge in [-0.15, -0.1) is 11.3 Å². The van der Waals surface area contributed by atoms with Gasteiger partial charge in [0.1, 0.15) is 0 Å². The molecule has 0 amide bonds. The number of thiazole rings is 1. The maximum atomic E-state index is 11.6. The van der Waals surface area contributed by atoms with Crippen LogP contribution in [-0.2, 0) is 20.1 Å². The third kappa shape index (κ3) is 5.59. The van der Waals surface area contributed by atoms with Gasteiger partial charge in [-0.25, -0.2) is 17.7 Å². The Hall–Kier alpha value is -2.31. The minimum atomic E-state index is -4.29. The van der Waals surface area contributed by atoms with Crippen LogP contribution in [0, 0.1) is 0 Å². The second kappa shape index (κ2) is 8.80. The van der Waals surface area contributed by atoms with Gasteiger partial charge >= 0.3 is 0 Å². The quantitative estimate of drug-likeness (QED) is 0.595. The molecule has 0 atom stereocenters. The van der Waals surface area contributed by atoms with Gasteiger partial charge < -0.3 is 5.73 Å². The lowest BCUT2D eigenvalue weighted by atomic mass is 10.2. The molecule has 0 fully saturated rings. The van der Waals surface area contributed by atoms with E-state index in [9.17, 15) is 16.8 Å². The third-order valence-corrected chi connectivity index (χ3v) is 6.86. The van der Waals surface area contributed by atoms with Crippen LogP contribution < -0.4 is 5.73 Å². The summed E-state index contributed by atoms with van der Waals surface area (Å²) in [5, 5.41) is 2.58. The van der Waals surface area contributed by atoms with Crippen LogP contribution in [0.3, 0.4) is 0 Å². The monoisotopic (exact) mass is 441 g/mol. The molecule has 28 heavy (non-hydrogen) atoms. The third-order valence-electron chi connectivity index (χ3n) is 3.49. The number of aromatic nitrogens is 1. The summed E-state index contributed by atoms with van der Waals surface area (Å²) in [6, 6.07) is 14.3. The standard InChI is InChI=1S/C9H8N2S.C8H11NO5S2/c10-9-11-8(6-12-9)7-4-2-1-3-5-7;1-9(2)15(10,11)7-3-5-8(6-4-7)16(12,13)14/h1-6H,(H2,10,11);3-6H,1-2H3,(H,12,13,14). The molecular weight excluding hydrogens is 422 g/mol. The van der Waals surface area contributed by atoms with Gasteiger partial charge in [-0.05, 0) is 24.3 Å². The van der Waals surface area contributed by atoms with Crippen LogP contribution in [0.1, 0.15) is 0 Å². The molecule has 8 nitrogen and oxygen atoms in total. The zero-order valence-corrected chi connectivity index (χ0v) is 17.5. The summed E-state index contributed by atoms with van der Waals surface area (Å²) in [4.78, 5) is 3.80. The number of nitrogens with two attached hydrogens (primary N) is 1. The maximum absolute atomic E-state index is 11.6. The highest BCUT2D eigenvalue weighted by atomic mass is 32.2. The topological polar surface area (TPSA) is 131 Å². The molecule has 11 heteroatoms. The first-order valence-corrected chi connectivity index (χ1v) is 11.5. The van der Waals surface area contributed by atoms with E-state index in [1.54, 1.807) is 0 Å². The van der Waals surface area contributed by atoms with Crippen LogP contribution in [0.4, 0.5) is 5.13 Å². The summed E-state index contributed by atoms with van der Waals surface area (Å²) in [5.41, 5.74) is 7.60. The molecule has 1 heterocycles. The number of sulfonamides is 1. The molecule has 1 aromatic heterocycles. The second-order valence-corrected chi connectivity index (χ2v) is 10.1. The van der Waals surface area contributed by atoms with Crippen molar-refractivity contribution in [3.63, 3.8) is 0 Å². The molecule has 0 saturated carbocycles. The van der Waals surface area contributed by atoms with Crippen molar-refractivity contribution in [2.45, 2.75) is 9.79 Å². The van der Waals surface area contributed by atoms with Crippen molar-refractivity contribution < 1.29 is 21.4 Å². The summed E-state index contributed by atoms with van der Waals surface area (Å²) in [6.45, 7) is 0. The van der Waals surface area contributed by atoms with E-state index >= 15 is 0 Å². The highest BCUT2D eigenvalue weighted by molar-refractivity contribution is 7.89. The Bertz CT molecular complexity index is 1120. The summed E-state index contributed by atoms with van der Waals surface area (Å²) >= 11 is 1.47. The smallest absolute Gasteiger partial charge is 0.294 e. The normalized spacial score (nSPS) is 11.7. The first-order chi connectivity index (χ1) is 13.0. The average Bonchev–Trinajstić information content (AvgIpc) is 3.09. The highest BCUT2D eigenvalue weighted by Crippen LogP contribution is 2.22. The van der Waals surface area contributed by atoms with Gasteiger partial charge in [-0.2, -0.15) is 8.42 Å². The van der Waals surface area contributed by atoms with Crippen LogP contribution in [0.25, 0.3) is 11.3 Å². The largest absolute Gasteiger partial charge is 0.375 e. The fourth-order valence-electron chi connectivity index (χ4n) is 2.02. The molecule has 0 radical (unpaired) electrons. The molecule has 150 valence electrons. The molecule has 0 saturated heterocycles. The van der Waals surface area contributed by atoms with Gasteiger partial charge in [0.25, 0.3) is 10.1 Å². The van der Waals surface area contributed by atoms with Crippen LogP contribution in [0.5, 0.6) is 0 Å². The zero-order valence-electron chi connectivity index (χ0n) is 15.1. The number of benzene rings is 2. The predicted molar refractivity (Wildman–Crippen MR) is 109 cm³/mol. The van der Waals surface area contributed by atoms with Crippen molar-refractivity contribution in [3.8, 4) is 11.3 Å². The number of rotatable bonds is 4. The lowest BCUT2D eigenvalue weighted by Crippen LogP contribution is -2.22. The van der Waals surface area contributed by atoms with Crippen molar-refractivity contribution in [1.82, 2.24) is 9.29 Å². The molecule has 0 aliphatic heterocycles. The Morgan fingerprint density at radius 1 is 0.929 bits per heavy atom. The van der Waals surface area contributed by atoms with Crippen molar-refractivity contribution in [2.75, 3.05) is 19.8 Å². The van der Waals surface area contributed by atoms with E-state index in [-0.39, 0.29) is 9.79 Å². The Morgan fingerprint density at radius 3 is 1.89 bits per heavy atom. The van der Waals surface area contributed by atoms with E-state index in [1.165, 1.54) is 25.4 Å². The molecule has 0 spiro atoms. The molecule has 0 unspecified atom stereocenters. The first-order valence-electron chi connectivity index (χ1n) is 7.78. The van der Waals surface area contributed by atoms with Crippen molar-refractivity contribution >= 4 is 36.6 Å². The lowest BCUT2D eigenvalue weighted by molar-refractivity contribution is 0.482. The molecule has 3 aromatic rings. The summed E-state index contributed by atoms with van der Waals surface area (Å²) < 4.78 is 54.4. The minimum absolute atomic E-state index is 0.0371. The molecule has 2 aromatic carbocycles. The van der Waals surface area contributed by atoms with Gasteiger partial charge in [0.2, 0.25) is 10.0 Å². The molecule has 0 aliphatic carbocycles. The summed E-state index contributed by atoms with van der Waals surface area (Å²) in [5.74, 6) is 0. The van der Waals surface area contributed by atoms with Gasteiger partial charge in [0.15, 0.2) is 5.13 Å². The van der Waals surface area contributed by atoms with Crippen LogP contribution in [-0.4, -0.2) is 44.8 Å². The molecule has 3 N–H and O–H groups in total. The minimum Gasteiger partial charge on any atom is -0.375 e. The van der Waals surface area contributed by atoms with Crippen LogP contribution >= 0.6 is 11.3 Å². The molecule has 0 bridgehead atoms. The Balaban J connectivity index is 0.000000207. The number of nitrogen functional groups attached to an aromatic ring is 1. The molecule has 0 aliphatic rings. The number of anilines is 1. The van der Waals surface area contributed by atoms with Crippen molar-refractivity contribution in [2.24, 2.45) is 0 Å². The van der Waals surface area contributed by atoms with Gasteiger partial charge in [0, 0.05) is 25.0 Å². The van der Waals surface area contributed by atoms with E-state index in [0.29, 0.717) is 5.13 Å². The summed E-state index contributed by atoms with van der Waals surface area (Å²) in [7, 11) is -5.14. The Kier molecular flexibility index (Phi) is 6.91. The Labute approximate surface area is 168 Å². The predicted octanol–water partition coefficient (Wildman–Crippen LogP) is 2.58. The average molecular weight is 442 g/mol. The lowest BCUT2D eigenvalue weighted by Gasteiger charge is -2.11. The Morgan fingerprint density at radius 2 is 1.46 bits per heavy atom. The van der Waals surface area contributed by atoms with E-state index in [1.807, 2.05) is 35.7 Å². The summed E-state index contributed by atoms with van der Waals surface area (Å²) in [6.07, 6.45) is 0. The van der Waals surface area contributed by atoms with Gasteiger partial charge in [0.05, 0.1) is 15.5 Å². The maximum Gasteiger partial charge on any atom is 0.294 e. The van der Waals surface area contributed by atoms with Crippen molar-refractivity contribution in [3.05, 3.63) is 60.0 Å². The zero-order chi connectivity index (χ0) is 20.9. The van der Waals surface area contributed by atoms with Crippen LogP contribution in [0.15, 0.2) is 69.8 Å². The fraction of sp³-hybridized carbons (Fsp3) is 0.118. The van der Waals surface area contributed by atoms with Gasteiger partial charge in [-0.1, -0.05) is 30.3 Å². The van der Waals surface area contributed by atoms with E-state index in [0.717, 1.165) is 39.8 Å². The number of nitrogens with zero attached hydrogens (tertiary/aromatic N) is 2. The molecule has 3 rings (SSSR count). The molecular formula is C17H19N3O5S3. The van der Waals surface area contributed by atoms with Crippen LogP contribution in [0.2, 0.25) is 0 Å². The van der Waals surface area contributed by atoms with E-state index < -0.39 is 20.1 Å². The van der Waals surface area contributed by atoms with Gasteiger partial charge in [-0.3, -0.25) is 4.55 Å².